The Morgan fingerprint density at radius 3 is 2.43 bits per heavy atom. The molecule has 112 valence electrons. The molecule has 0 spiro atoms. The molecule has 0 saturated heterocycles. The summed E-state index contributed by atoms with van der Waals surface area (Å²) < 4.78 is 26.5. The van der Waals surface area contributed by atoms with Crippen LogP contribution in [0.3, 0.4) is 0 Å². The summed E-state index contributed by atoms with van der Waals surface area (Å²) in [6.07, 6.45) is 3.47. The van der Waals surface area contributed by atoms with Crippen molar-refractivity contribution in [3.63, 3.8) is 0 Å². The van der Waals surface area contributed by atoms with E-state index in [1.54, 1.807) is 18.5 Å². The lowest BCUT2D eigenvalue weighted by Crippen LogP contribution is -2.33. The van der Waals surface area contributed by atoms with Crippen LogP contribution in [0.4, 0.5) is 8.78 Å². The van der Waals surface area contributed by atoms with Gasteiger partial charge in [-0.05, 0) is 41.9 Å². The van der Waals surface area contributed by atoms with Gasteiger partial charge in [0.1, 0.15) is 0 Å². The predicted octanol–water partition coefficient (Wildman–Crippen LogP) is 2.88. The number of halogens is 2. The van der Waals surface area contributed by atoms with Crippen LogP contribution in [0, 0.1) is 11.6 Å². The molecule has 3 nitrogen and oxygen atoms in total. The highest BCUT2D eigenvalue weighted by Gasteiger charge is 2.19. The van der Waals surface area contributed by atoms with Crippen LogP contribution in [-0.2, 0) is 6.54 Å². The van der Waals surface area contributed by atoms with Crippen molar-refractivity contribution in [2.45, 2.75) is 19.5 Å². The molecule has 0 radical (unpaired) electrons. The van der Waals surface area contributed by atoms with E-state index >= 15 is 0 Å². The van der Waals surface area contributed by atoms with E-state index < -0.39 is 11.6 Å². The Hall–Kier alpha value is -1.85. The summed E-state index contributed by atoms with van der Waals surface area (Å²) in [6, 6.07) is 7.67. The SMILES string of the molecule is CCN(Cc1ccncc1)C(CN)c1ccc(F)c(F)c1. The summed E-state index contributed by atoms with van der Waals surface area (Å²) in [5.74, 6) is -1.68. The molecule has 2 aromatic rings. The van der Waals surface area contributed by atoms with Crippen LogP contribution >= 0.6 is 0 Å². The predicted molar refractivity (Wildman–Crippen MR) is 78.5 cm³/mol. The van der Waals surface area contributed by atoms with Gasteiger partial charge in [0.2, 0.25) is 0 Å². The molecule has 0 aliphatic heterocycles. The molecule has 2 rings (SSSR count). The molecule has 1 atom stereocenters. The molecule has 0 fully saturated rings. The van der Waals surface area contributed by atoms with Crippen molar-refractivity contribution < 1.29 is 8.78 Å². The van der Waals surface area contributed by atoms with E-state index in [1.165, 1.54) is 6.07 Å². The number of nitrogens with two attached hydrogens (primary N) is 1. The van der Waals surface area contributed by atoms with E-state index in [4.69, 9.17) is 5.73 Å². The Morgan fingerprint density at radius 1 is 1.14 bits per heavy atom. The normalized spacial score (nSPS) is 12.6. The third-order valence-electron chi connectivity index (χ3n) is 3.53. The fourth-order valence-electron chi connectivity index (χ4n) is 2.38. The van der Waals surface area contributed by atoms with Crippen LogP contribution in [0.25, 0.3) is 0 Å². The molecule has 2 N–H and O–H groups in total. The molecule has 0 aliphatic rings. The van der Waals surface area contributed by atoms with Gasteiger partial charge in [-0.25, -0.2) is 8.78 Å². The number of hydrogen-bond acceptors (Lipinski definition) is 3. The second-order valence-electron chi connectivity index (χ2n) is 4.84. The van der Waals surface area contributed by atoms with Gasteiger partial charge in [-0.2, -0.15) is 0 Å². The monoisotopic (exact) mass is 291 g/mol. The minimum Gasteiger partial charge on any atom is -0.329 e. The van der Waals surface area contributed by atoms with Crippen molar-refractivity contribution >= 4 is 0 Å². The maximum atomic E-state index is 13.4. The average molecular weight is 291 g/mol. The summed E-state index contributed by atoms with van der Waals surface area (Å²) in [6.45, 7) is 3.79. The zero-order valence-corrected chi connectivity index (χ0v) is 12.0. The maximum Gasteiger partial charge on any atom is 0.159 e. The van der Waals surface area contributed by atoms with Gasteiger partial charge in [0, 0.05) is 31.5 Å². The molecular formula is C16H19F2N3. The number of aromatic nitrogens is 1. The molecule has 0 amide bonds. The second kappa shape index (κ2) is 7.24. The van der Waals surface area contributed by atoms with Gasteiger partial charge >= 0.3 is 0 Å². The van der Waals surface area contributed by atoms with Gasteiger partial charge in [0.05, 0.1) is 0 Å². The van der Waals surface area contributed by atoms with Crippen molar-refractivity contribution in [1.82, 2.24) is 9.88 Å². The molecule has 1 aromatic carbocycles. The van der Waals surface area contributed by atoms with Crippen LogP contribution in [0.5, 0.6) is 0 Å². The smallest absolute Gasteiger partial charge is 0.159 e. The van der Waals surface area contributed by atoms with Crippen molar-refractivity contribution in [3.05, 3.63) is 65.5 Å². The number of hydrogen-bond donors (Lipinski definition) is 1. The quantitative estimate of drug-likeness (QED) is 0.890. The molecule has 0 aliphatic carbocycles. The first kappa shape index (κ1) is 15.5. The molecule has 1 unspecified atom stereocenters. The van der Waals surface area contributed by atoms with Crippen molar-refractivity contribution in [2.24, 2.45) is 5.73 Å². The Morgan fingerprint density at radius 2 is 1.86 bits per heavy atom. The molecule has 1 aromatic heterocycles. The lowest BCUT2D eigenvalue weighted by Gasteiger charge is -2.30. The third kappa shape index (κ3) is 3.83. The van der Waals surface area contributed by atoms with Gasteiger partial charge in [-0.1, -0.05) is 13.0 Å². The fourth-order valence-corrected chi connectivity index (χ4v) is 2.38. The molecular weight excluding hydrogens is 272 g/mol. The molecule has 5 heteroatoms. The van der Waals surface area contributed by atoms with Crippen LogP contribution in [0.1, 0.15) is 24.1 Å². The number of likely N-dealkylation sites (N-methyl/N-ethyl adjacent to an activating group) is 1. The second-order valence-corrected chi connectivity index (χ2v) is 4.84. The highest BCUT2D eigenvalue weighted by molar-refractivity contribution is 5.22. The van der Waals surface area contributed by atoms with Crippen LogP contribution in [0.2, 0.25) is 0 Å². The Kier molecular flexibility index (Phi) is 5.36. The first-order chi connectivity index (χ1) is 10.2. The standard InChI is InChI=1S/C16H19F2N3/c1-2-21(11-12-5-7-20-8-6-12)16(10-19)13-3-4-14(17)15(18)9-13/h3-9,16H,2,10-11,19H2,1H3. The Balaban J connectivity index is 2.22. The highest BCUT2D eigenvalue weighted by Crippen LogP contribution is 2.23. The summed E-state index contributed by atoms with van der Waals surface area (Å²) in [4.78, 5) is 6.12. The number of pyridine rings is 1. The van der Waals surface area contributed by atoms with Crippen molar-refractivity contribution in [3.8, 4) is 0 Å². The topological polar surface area (TPSA) is 42.2 Å². The van der Waals surface area contributed by atoms with Crippen molar-refractivity contribution in [2.75, 3.05) is 13.1 Å². The van der Waals surface area contributed by atoms with Gasteiger partial charge < -0.3 is 5.73 Å². The number of nitrogens with zero attached hydrogens (tertiary/aromatic N) is 2. The molecule has 0 bridgehead atoms. The lowest BCUT2D eigenvalue weighted by atomic mass is 10.0. The Labute approximate surface area is 123 Å². The summed E-state index contributed by atoms with van der Waals surface area (Å²) in [5.41, 5.74) is 7.64. The number of rotatable bonds is 6. The average Bonchev–Trinajstić information content (AvgIpc) is 2.51. The van der Waals surface area contributed by atoms with E-state index in [9.17, 15) is 8.78 Å². The molecule has 1 heterocycles. The van der Waals surface area contributed by atoms with E-state index in [0.29, 0.717) is 18.7 Å². The fraction of sp³-hybridized carbons (Fsp3) is 0.312. The zero-order chi connectivity index (χ0) is 15.2. The largest absolute Gasteiger partial charge is 0.329 e. The minimum absolute atomic E-state index is 0.154. The number of benzene rings is 1. The maximum absolute atomic E-state index is 13.4. The Bertz CT molecular complexity index is 575. The van der Waals surface area contributed by atoms with E-state index in [-0.39, 0.29) is 6.04 Å². The third-order valence-corrected chi connectivity index (χ3v) is 3.53. The van der Waals surface area contributed by atoms with E-state index in [0.717, 1.165) is 18.2 Å². The van der Waals surface area contributed by atoms with Gasteiger partial charge in [-0.3, -0.25) is 9.88 Å². The first-order valence-corrected chi connectivity index (χ1v) is 6.93. The minimum atomic E-state index is -0.842. The van der Waals surface area contributed by atoms with E-state index in [1.807, 2.05) is 19.1 Å². The summed E-state index contributed by atoms with van der Waals surface area (Å²) in [7, 11) is 0. The molecule has 0 saturated carbocycles. The van der Waals surface area contributed by atoms with E-state index in [2.05, 4.69) is 9.88 Å². The zero-order valence-electron chi connectivity index (χ0n) is 12.0. The van der Waals surface area contributed by atoms with Crippen molar-refractivity contribution in [1.29, 1.82) is 0 Å². The lowest BCUT2D eigenvalue weighted by molar-refractivity contribution is 0.203. The van der Waals surface area contributed by atoms with Gasteiger partial charge in [0.15, 0.2) is 11.6 Å². The van der Waals surface area contributed by atoms with Gasteiger partial charge in [0.25, 0.3) is 0 Å². The van der Waals surface area contributed by atoms with Gasteiger partial charge in [-0.15, -0.1) is 0 Å². The summed E-state index contributed by atoms with van der Waals surface area (Å²) in [5, 5.41) is 0. The van der Waals surface area contributed by atoms with Crippen LogP contribution < -0.4 is 5.73 Å². The highest BCUT2D eigenvalue weighted by atomic mass is 19.2. The molecule has 21 heavy (non-hydrogen) atoms. The summed E-state index contributed by atoms with van der Waals surface area (Å²) >= 11 is 0. The first-order valence-electron chi connectivity index (χ1n) is 6.93. The van der Waals surface area contributed by atoms with Crippen LogP contribution in [-0.4, -0.2) is 23.0 Å². The van der Waals surface area contributed by atoms with Crippen LogP contribution in [0.15, 0.2) is 42.7 Å².